The Bertz CT molecular complexity index is 288. The first-order chi connectivity index (χ1) is 5.74. The molecule has 0 radical (unpaired) electrons. The monoisotopic (exact) mass is 182 g/mol. The summed E-state index contributed by atoms with van der Waals surface area (Å²) in [6.45, 7) is 0. The lowest BCUT2D eigenvalue weighted by Crippen LogP contribution is -2.24. The summed E-state index contributed by atoms with van der Waals surface area (Å²) in [7, 11) is 1.72. The molecule has 0 fully saturated rings. The molecule has 0 aliphatic rings. The topological polar surface area (TPSA) is 44.3 Å². The highest BCUT2D eigenvalue weighted by Crippen LogP contribution is 2.20. The van der Waals surface area contributed by atoms with Crippen molar-refractivity contribution in [1.82, 2.24) is 5.32 Å². The van der Waals surface area contributed by atoms with Crippen LogP contribution >= 0.6 is 12.2 Å². The van der Waals surface area contributed by atoms with E-state index in [0.29, 0.717) is 10.8 Å². The van der Waals surface area contributed by atoms with Crippen molar-refractivity contribution in [2.75, 3.05) is 12.4 Å². The van der Waals surface area contributed by atoms with Crippen LogP contribution in [0.4, 0.5) is 5.69 Å². The highest BCUT2D eigenvalue weighted by atomic mass is 32.1. The molecule has 0 atom stereocenters. The molecular weight excluding hydrogens is 172 g/mol. The van der Waals surface area contributed by atoms with E-state index in [9.17, 15) is 5.11 Å². The molecule has 0 spiro atoms. The smallest absolute Gasteiger partial charge is 0.170 e. The van der Waals surface area contributed by atoms with Crippen LogP contribution in [0.3, 0.4) is 0 Å². The quantitative estimate of drug-likeness (QED) is 0.452. The largest absolute Gasteiger partial charge is 0.506 e. The van der Waals surface area contributed by atoms with E-state index in [0.717, 1.165) is 0 Å². The van der Waals surface area contributed by atoms with Crippen molar-refractivity contribution in [3.8, 4) is 5.75 Å². The third-order valence-electron chi connectivity index (χ3n) is 1.38. The Morgan fingerprint density at radius 2 is 2.08 bits per heavy atom. The van der Waals surface area contributed by atoms with E-state index >= 15 is 0 Å². The molecule has 0 saturated carbocycles. The summed E-state index contributed by atoms with van der Waals surface area (Å²) in [5.74, 6) is 0.190. The van der Waals surface area contributed by atoms with Crippen LogP contribution in [0, 0.1) is 0 Å². The number of thiocarbonyl (C=S) groups is 1. The fraction of sp³-hybridized carbons (Fsp3) is 0.125. The molecule has 0 unspecified atom stereocenters. The standard InChI is InChI=1S/C8H10N2OS/c1-9-8(12)10-6-4-2-3-5-7(6)11/h2-5,11H,1H3,(H2,9,10,12). The number of benzene rings is 1. The molecule has 0 aliphatic carbocycles. The highest BCUT2D eigenvalue weighted by Gasteiger charge is 1.98. The number of hydrogen-bond donors (Lipinski definition) is 3. The van der Waals surface area contributed by atoms with E-state index in [4.69, 9.17) is 12.2 Å². The minimum Gasteiger partial charge on any atom is -0.506 e. The normalized spacial score (nSPS) is 9.08. The molecular formula is C8H10N2OS. The van der Waals surface area contributed by atoms with Gasteiger partial charge in [-0.05, 0) is 24.4 Å². The molecule has 0 bridgehead atoms. The lowest BCUT2D eigenvalue weighted by atomic mass is 10.3. The summed E-state index contributed by atoms with van der Waals surface area (Å²) < 4.78 is 0. The van der Waals surface area contributed by atoms with Gasteiger partial charge in [-0.3, -0.25) is 0 Å². The predicted octanol–water partition coefficient (Wildman–Crippen LogP) is 1.31. The van der Waals surface area contributed by atoms with Crippen molar-refractivity contribution in [2.24, 2.45) is 0 Å². The van der Waals surface area contributed by atoms with Crippen molar-refractivity contribution in [1.29, 1.82) is 0 Å². The van der Waals surface area contributed by atoms with Gasteiger partial charge in [0.15, 0.2) is 5.11 Å². The first-order valence-electron chi connectivity index (χ1n) is 3.51. The van der Waals surface area contributed by atoms with E-state index in [1.54, 1.807) is 25.2 Å². The summed E-state index contributed by atoms with van der Waals surface area (Å²) >= 11 is 4.86. The molecule has 1 rings (SSSR count). The van der Waals surface area contributed by atoms with Crippen molar-refractivity contribution in [3.05, 3.63) is 24.3 Å². The zero-order valence-electron chi connectivity index (χ0n) is 6.66. The Morgan fingerprint density at radius 1 is 1.42 bits per heavy atom. The average Bonchev–Trinajstić information content (AvgIpc) is 2.09. The second-order valence-electron chi connectivity index (χ2n) is 2.22. The SMILES string of the molecule is CNC(=S)Nc1ccccc1O. The third-order valence-corrected chi connectivity index (χ3v) is 1.69. The number of hydrogen-bond acceptors (Lipinski definition) is 2. The first-order valence-corrected chi connectivity index (χ1v) is 3.91. The maximum atomic E-state index is 9.31. The Morgan fingerprint density at radius 3 is 2.67 bits per heavy atom. The molecule has 4 heteroatoms. The van der Waals surface area contributed by atoms with E-state index < -0.39 is 0 Å². The van der Waals surface area contributed by atoms with Crippen LogP contribution in [0.5, 0.6) is 5.75 Å². The molecule has 1 aromatic carbocycles. The molecule has 0 amide bonds. The summed E-state index contributed by atoms with van der Waals surface area (Å²) in [6.07, 6.45) is 0. The summed E-state index contributed by atoms with van der Waals surface area (Å²) in [6, 6.07) is 6.92. The molecule has 0 heterocycles. The zero-order valence-corrected chi connectivity index (χ0v) is 7.48. The van der Waals surface area contributed by atoms with Crippen molar-refractivity contribution >= 4 is 23.0 Å². The number of aromatic hydroxyl groups is 1. The van der Waals surface area contributed by atoms with Gasteiger partial charge < -0.3 is 15.7 Å². The number of phenols is 1. The second kappa shape index (κ2) is 3.92. The van der Waals surface area contributed by atoms with Crippen molar-refractivity contribution < 1.29 is 5.11 Å². The molecule has 0 saturated heterocycles. The van der Waals surface area contributed by atoms with Gasteiger partial charge in [-0.15, -0.1) is 0 Å². The van der Waals surface area contributed by atoms with E-state index in [-0.39, 0.29) is 5.75 Å². The van der Waals surface area contributed by atoms with Gasteiger partial charge in [-0.2, -0.15) is 0 Å². The number of phenolic OH excluding ortho intramolecular Hbond substituents is 1. The van der Waals surface area contributed by atoms with Crippen molar-refractivity contribution in [2.45, 2.75) is 0 Å². The van der Waals surface area contributed by atoms with Crippen LogP contribution in [-0.4, -0.2) is 17.3 Å². The molecule has 0 aliphatic heterocycles. The maximum Gasteiger partial charge on any atom is 0.170 e. The fourth-order valence-electron chi connectivity index (χ4n) is 0.764. The fourth-order valence-corrected chi connectivity index (χ4v) is 0.874. The number of para-hydroxylation sites is 2. The van der Waals surface area contributed by atoms with Gasteiger partial charge in [-0.25, -0.2) is 0 Å². The molecule has 0 aromatic heterocycles. The van der Waals surface area contributed by atoms with Crippen molar-refractivity contribution in [3.63, 3.8) is 0 Å². The molecule has 3 nitrogen and oxygen atoms in total. The van der Waals surface area contributed by atoms with Gasteiger partial charge in [-0.1, -0.05) is 12.1 Å². The minimum absolute atomic E-state index is 0.190. The summed E-state index contributed by atoms with van der Waals surface area (Å²) in [5.41, 5.74) is 0.608. The summed E-state index contributed by atoms with van der Waals surface area (Å²) in [4.78, 5) is 0. The van der Waals surface area contributed by atoms with Crippen LogP contribution in [0.1, 0.15) is 0 Å². The van der Waals surface area contributed by atoms with Gasteiger partial charge in [0.25, 0.3) is 0 Å². The first kappa shape index (κ1) is 8.80. The Balaban J connectivity index is 2.75. The second-order valence-corrected chi connectivity index (χ2v) is 2.63. The van der Waals surface area contributed by atoms with Gasteiger partial charge in [0.05, 0.1) is 5.69 Å². The Kier molecular flexibility index (Phi) is 2.88. The van der Waals surface area contributed by atoms with Crippen LogP contribution < -0.4 is 10.6 Å². The Labute approximate surface area is 76.4 Å². The zero-order chi connectivity index (χ0) is 8.97. The van der Waals surface area contributed by atoms with Crippen LogP contribution in [0.15, 0.2) is 24.3 Å². The van der Waals surface area contributed by atoms with Crippen LogP contribution in [-0.2, 0) is 0 Å². The van der Waals surface area contributed by atoms with E-state index in [2.05, 4.69) is 10.6 Å². The van der Waals surface area contributed by atoms with Crippen LogP contribution in [0.2, 0.25) is 0 Å². The summed E-state index contributed by atoms with van der Waals surface area (Å²) in [5, 5.41) is 15.4. The van der Waals surface area contributed by atoms with Gasteiger partial charge >= 0.3 is 0 Å². The lowest BCUT2D eigenvalue weighted by molar-refractivity contribution is 0.478. The predicted molar refractivity (Wildman–Crippen MR) is 53.4 cm³/mol. The van der Waals surface area contributed by atoms with Crippen LogP contribution in [0.25, 0.3) is 0 Å². The molecule has 64 valence electrons. The number of nitrogens with one attached hydrogen (secondary N) is 2. The van der Waals surface area contributed by atoms with Gasteiger partial charge in [0.1, 0.15) is 5.75 Å². The maximum absolute atomic E-state index is 9.31. The third kappa shape index (κ3) is 2.10. The molecule has 12 heavy (non-hydrogen) atoms. The number of anilines is 1. The van der Waals surface area contributed by atoms with E-state index in [1.807, 2.05) is 6.07 Å². The van der Waals surface area contributed by atoms with Gasteiger partial charge in [0.2, 0.25) is 0 Å². The van der Waals surface area contributed by atoms with Gasteiger partial charge in [0, 0.05) is 7.05 Å². The average molecular weight is 182 g/mol. The molecule has 3 N–H and O–H groups in total. The minimum atomic E-state index is 0.190. The van der Waals surface area contributed by atoms with E-state index in [1.165, 1.54) is 0 Å². The number of rotatable bonds is 1. The highest BCUT2D eigenvalue weighted by molar-refractivity contribution is 7.80. The lowest BCUT2D eigenvalue weighted by Gasteiger charge is -2.07. The molecule has 1 aromatic rings. The Hall–Kier alpha value is -1.29.